The highest BCUT2D eigenvalue weighted by Crippen LogP contribution is 2.18. The number of hydrogen-bond donors (Lipinski definition) is 1. The Bertz CT molecular complexity index is 358. The average Bonchev–Trinajstić information content (AvgIpc) is 2.40. The molecule has 0 saturated carbocycles. The zero-order chi connectivity index (χ0) is 13.0. The average molecular weight is 249 g/mol. The molecule has 0 spiro atoms. The standard InChI is InChI=1S/C14H23N3O/c1-11(15)13-5-6-14(16-8-13)17(2)9-12-4-3-7-18-10-12/h5-6,8,11-12H,3-4,7,9-10,15H2,1-2H3/t11-,12?/m0/s1. The third-order valence-corrected chi connectivity index (χ3v) is 3.47. The number of nitrogens with two attached hydrogens (primary N) is 1. The molecule has 1 aromatic heterocycles. The molecule has 4 heteroatoms. The summed E-state index contributed by atoms with van der Waals surface area (Å²) in [5.74, 6) is 1.63. The van der Waals surface area contributed by atoms with Crippen LogP contribution in [0, 0.1) is 5.92 Å². The molecule has 0 aliphatic carbocycles. The summed E-state index contributed by atoms with van der Waals surface area (Å²) in [6.07, 6.45) is 4.30. The lowest BCUT2D eigenvalue weighted by atomic mass is 10.0. The van der Waals surface area contributed by atoms with Gasteiger partial charge in [0.1, 0.15) is 5.82 Å². The third-order valence-electron chi connectivity index (χ3n) is 3.47. The van der Waals surface area contributed by atoms with Crippen molar-refractivity contribution in [2.24, 2.45) is 11.7 Å². The number of ether oxygens (including phenoxy) is 1. The fourth-order valence-electron chi connectivity index (χ4n) is 2.32. The summed E-state index contributed by atoms with van der Waals surface area (Å²) in [5.41, 5.74) is 6.90. The van der Waals surface area contributed by atoms with Crippen LogP contribution in [0.15, 0.2) is 18.3 Å². The molecule has 1 aliphatic rings. The molecule has 2 N–H and O–H groups in total. The Morgan fingerprint density at radius 1 is 1.56 bits per heavy atom. The number of aromatic nitrogens is 1. The van der Waals surface area contributed by atoms with Gasteiger partial charge in [-0.15, -0.1) is 0 Å². The number of hydrogen-bond acceptors (Lipinski definition) is 4. The zero-order valence-electron chi connectivity index (χ0n) is 11.3. The van der Waals surface area contributed by atoms with E-state index in [4.69, 9.17) is 10.5 Å². The van der Waals surface area contributed by atoms with Gasteiger partial charge < -0.3 is 15.4 Å². The van der Waals surface area contributed by atoms with Gasteiger partial charge >= 0.3 is 0 Å². The van der Waals surface area contributed by atoms with E-state index in [1.807, 2.05) is 19.2 Å². The molecule has 1 saturated heterocycles. The Hall–Kier alpha value is -1.13. The van der Waals surface area contributed by atoms with Crippen LogP contribution in [0.1, 0.15) is 31.4 Å². The van der Waals surface area contributed by atoms with E-state index in [0.29, 0.717) is 5.92 Å². The molecule has 2 atom stereocenters. The van der Waals surface area contributed by atoms with Crippen LogP contribution in [0.25, 0.3) is 0 Å². The highest BCUT2D eigenvalue weighted by atomic mass is 16.5. The fourth-order valence-corrected chi connectivity index (χ4v) is 2.32. The van der Waals surface area contributed by atoms with Crippen LogP contribution in [0.2, 0.25) is 0 Å². The van der Waals surface area contributed by atoms with Gasteiger partial charge in [-0.25, -0.2) is 4.98 Å². The van der Waals surface area contributed by atoms with E-state index in [1.54, 1.807) is 0 Å². The quantitative estimate of drug-likeness (QED) is 0.886. The molecule has 100 valence electrons. The third kappa shape index (κ3) is 3.43. The van der Waals surface area contributed by atoms with Crippen molar-refractivity contribution >= 4 is 5.82 Å². The van der Waals surface area contributed by atoms with Crippen molar-refractivity contribution in [1.29, 1.82) is 0 Å². The van der Waals surface area contributed by atoms with E-state index < -0.39 is 0 Å². The molecule has 2 heterocycles. The Morgan fingerprint density at radius 3 is 2.94 bits per heavy atom. The second-order valence-electron chi connectivity index (χ2n) is 5.20. The van der Waals surface area contributed by atoms with Crippen LogP contribution in [0.3, 0.4) is 0 Å². The number of pyridine rings is 1. The van der Waals surface area contributed by atoms with Crippen LogP contribution < -0.4 is 10.6 Å². The lowest BCUT2D eigenvalue weighted by Gasteiger charge is -2.27. The lowest BCUT2D eigenvalue weighted by Crippen LogP contribution is -2.31. The van der Waals surface area contributed by atoms with Gasteiger partial charge in [0.15, 0.2) is 0 Å². The highest BCUT2D eigenvalue weighted by Gasteiger charge is 2.16. The van der Waals surface area contributed by atoms with Crippen molar-refractivity contribution < 1.29 is 4.74 Å². The predicted molar refractivity (Wildman–Crippen MR) is 73.7 cm³/mol. The van der Waals surface area contributed by atoms with Gasteiger partial charge in [-0.1, -0.05) is 6.07 Å². The van der Waals surface area contributed by atoms with Gasteiger partial charge in [-0.3, -0.25) is 0 Å². The Kier molecular flexibility index (Phi) is 4.55. The lowest BCUT2D eigenvalue weighted by molar-refractivity contribution is 0.0576. The minimum absolute atomic E-state index is 0.0450. The second kappa shape index (κ2) is 6.16. The molecule has 0 radical (unpaired) electrons. The topological polar surface area (TPSA) is 51.4 Å². The van der Waals surface area contributed by atoms with E-state index in [2.05, 4.69) is 23.0 Å². The van der Waals surface area contributed by atoms with Crippen LogP contribution in [0.4, 0.5) is 5.82 Å². The molecule has 1 unspecified atom stereocenters. The summed E-state index contributed by atoms with van der Waals surface area (Å²) in [7, 11) is 2.09. The van der Waals surface area contributed by atoms with Crippen LogP contribution in [-0.2, 0) is 4.74 Å². The largest absolute Gasteiger partial charge is 0.381 e. The molecule has 1 fully saturated rings. The minimum atomic E-state index is 0.0450. The molecule has 2 rings (SSSR count). The van der Waals surface area contributed by atoms with Gasteiger partial charge in [0, 0.05) is 32.4 Å². The zero-order valence-corrected chi connectivity index (χ0v) is 11.3. The first-order valence-electron chi connectivity index (χ1n) is 6.67. The molecule has 1 aromatic rings. The predicted octanol–water partition coefficient (Wildman–Crippen LogP) is 1.96. The first-order valence-corrected chi connectivity index (χ1v) is 6.67. The monoisotopic (exact) mass is 249 g/mol. The first-order chi connectivity index (χ1) is 8.66. The smallest absolute Gasteiger partial charge is 0.128 e. The van der Waals surface area contributed by atoms with Crippen molar-refractivity contribution in [3.63, 3.8) is 0 Å². The molecule has 18 heavy (non-hydrogen) atoms. The SMILES string of the molecule is C[C@H](N)c1ccc(N(C)CC2CCCOC2)nc1. The van der Waals surface area contributed by atoms with Crippen molar-refractivity contribution in [2.45, 2.75) is 25.8 Å². The summed E-state index contributed by atoms with van der Waals surface area (Å²) < 4.78 is 5.51. The second-order valence-corrected chi connectivity index (χ2v) is 5.20. The van der Waals surface area contributed by atoms with Gasteiger partial charge in [0.2, 0.25) is 0 Å². The summed E-state index contributed by atoms with van der Waals surface area (Å²) in [4.78, 5) is 6.67. The van der Waals surface area contributed by atoms with Gasteiger partial charge in [-0.05, 0) is 37.3 Å². The first kappa shape index (κ1) is 13.3. The Morgan fingerprint density at radius 2 is 2.39 bits per heavy atom. The van der Waals surface area contributed by atoms with Crippen molar-refractivity contribution in [3.8, 4) is 0 Å². The maximum atomic E-state index is 5.82. The van der Waals surface area contributed by atoms with Crippen LogP contribution in [0.5, 0.6) is 0 Å². The molecule has 1 aliphatic heterocycles. The minimum Gasteiger partial charge on any atom is -0.381 e. The maximum Gasteiger partial charge on any atom is 0.128 e. The Labute approximate surface area is 109 Å². The van der Waals surface area contributed by atoms with E-state index in [-0.39, 0.29) is 6.04 Å². The van der Waals surface area contributed by atoms with E-state index in [0.717, 1.165) is 31.1 Å². The molecule has 4 nitrogen and oxygen atoms in total. The summed E-state index contributed by atoms with van der Waals surface area (Å²) in [5, 5.41) is 0. The molecule has 0 bridgehead atoms. The normalized spacial score (nSPS) is 21.6. The summed E-state index contributed by atoms with van der Waals surface area (Å²) in [6, 6.07) is 4.15. The van der Waals surface area contributed by atoms with E-state index >= 15 is 0 Å². The number of nitrogens with zero attached hydrogens (tertiary/aromatic N) is 2. The molecule has 0 amide bonds. The fraction of sp³-hybridized carbons (Fsp3) is 0.643. The summed E-state index contributed by atoms with van der Waals surface area (Å²) in [6.45, 7) is 4.77. The van der Waals surface area contributed by atoms with Crippen LogP contribution >= 0.6 is 0 Å². The van der Waals surface area contributed by atoms with Crippen molar-refractivity contribution in [3.05, 3.63) is 23.9 Å². The Balaban J connectivity index is 1.93. The summed E-state index contributed by atoms with van der Waals surface area (Å²) >= 11 is 0. The van der Waals surface area contributed by atoms with Gasteiger partial charge in [0.25, 0.3) is 0 Å². The van der Waals surface area contributed by atoms with Gasteiger partial charge in [-0.2, -0.15) is 0 Å². The van der Waals surface area contributed by atoms with E-state index in [1.165, 1.54) is 12.8 Å². The van der Waals surface area contributed by atoms with Crippen LogP contribution in [-0.4, -0.2) is 31.8 Å². The van der Waals surface area contributed by atoms with Gasteiger partial charge in [0.05, 0.1) is 6.61 Å². The molecular formula is C14H23N3O. The number of anilines is 1. The molecular weight excluding hydrogens is 226 g/mol. The molecule has 0 aromatic carbocycles. The van der Waals surface area contributed by atoms with Crippen molar-refractivity contribution in [1.82, 2.24) is 4.98 Å². The number of rotatable bonds is 4. The highest BCUT2D eigenvalue weighted by molar-refractivity contribution is 5.38. The maximum absolute atomic E-state index is 5.82. The van der Waals surface area contributed by atoms with E-state index in [9.17, 15) is 0 Å². The van der Waals surface area contributed by atoms with Crippen molar-refractivity contribution in [2.75, 3.05) is 31.7 Å².